The predicted molar refractivity (Wildman–Crippen MR) is 64.1 cm³/mol. The largest absolute Gasteiger partial charge is 0.355 e. The molecule has 1 saturated heterocycles. The van der Waals surface area contributed by atoms with Gasteiger partial charge in [0.05, 0.1) is 17.6 Å². The third-order valence-electron chi connectivity index (χ3n) is 2.90. The summed E-state index contributed by atoms with van der Waals surface area (Å²) in [5.74, 6) is -0.456. The third-order valence-corrected chi connectivity index (χ3v) is 2.90. The molecule has 2 rings (SSSR count). The second-order valence-corrected chi connectivity index (χ2v) is 4.23. The van der Waals surface area contributed by atoms with E-state index in [2.05, 4.69) is 10.6 Å². The molecular formula is C13H13N3O2. The van der Waals surface area contributed by atoms with Crippen LogP contribution >= 0.6 is 0 Å². The summed E-state index contributed by atoms with van der Waals surface area (Å²) in [6.07, 6.45) is 0.263. The number of nitrogens with one attached hydrogen (secondary N) is 2. The van der Waals surface area contributed by atoms with E-state index in [0.717, 1.165) is 5.56 Å². The highest BCUT2D eigenvalue weighted by Crippen LogP contribution is 2.09. The first-order valence-corrected chi connectivity index (χ1v) is 5.72. The van der Waals surface area contributed by atoms with Crippen molar-refractivity contribution in [3.05, 3.63) is 35.4 Å². The zero-order valence-electron chi connectivity index (χ0n) is 9.77. The third kappa shape index (κ3) is 2.86. The van der Waals surface area contributed by atoms with Gasteiger partial charge in [-0.15, -0.1) is 0 Å². The van der Waals surface area contributed by atoms with Crippen molar-refractivity contribution in [3.8, 4) is 6.07 Å². The predicted octanol–water partition coefficient (Wildman–Crippen LogP) is 0.311. The standard InChI is InChI=1S/C13H13N3O2/c14-6-9-1-3-10(4-2-9)7-16-13(18)11-5-12(17)15-8-11/h1-4,11H,5,7-8H2,(H,15,17)(H,16,18). The fraction of sp³-hybridized carbons (Fsp3) is 0.308. The van der Waals surface area contributed by atoms with E-state index in [9.17, 15) is 9.59 Å². The summed E-state index contributed by atoms with van der Waals surface area (Å²) in [6, 6.07) is 9.06. The van der Waals surface area contributed by atoms with Crippen molar-refractivity contribution < 1.29 is 9.59 Å². The van der Waals surface area contributed by atoms with Crippen LogP contribution in [0.3, 0.4) is 0 Å². The van der Waals surface area contributed by atoms with E-state index < -0.39 is 0 Å². The normalized spacial score (nSPS) is 17.9. The lowest BCUT2D eigenvalue weighted by Crippen LogP contribution is -2.31. The molecule has 2 N–H and O–H groups in total. The number of nitriles is 1. The van der Waals surface area contributed by atoms with Crippen LogP contribution in [-0.2, 0) is 16.1 Å². The van der Waals surface area contributed by atoms with Crippen LogP contribution in [0.4, 0.5) is 0 Å². The van der Waals surface area contributed by atoms with Crippen LogP contribution in [0.25, 0.3) is 0 Å². The number of nitrogens with zero attached hydrogens (tertiary/aromatic N) is 1. The van der Waals surface area contributed by atoms with Crippen molar-refractivity contribution in [1.29, 1.82) is 5.26 Å². The highest BCUT2D eigenvalue weighted by atomic mass is 16.2. The van der Waals surface area contributed by atoms with Crippen LogP contribution in [0.2, 0.25) is 0 Å². The first-order valence-electron chi connectivity index (χ1n) is 5.72. The minimum Gasteiger partial charge on any atom is -0.355 e. The minimum absolute atomic E-state index is 0.0754. The van der Waals surface area contributed by atoms with Crippen LogP contribution in [-0.4, -0.2) is 18.4 Å². The average Bonchev–Trinajstić information content (AvgIpc) is 2.83. The van der Waals surface area contributed by atoms with E-state index in [-0.39, 0.29) is 24.2 Å². The summed E-state index contributed by atoms with van der Waals surface area (Å²) < 4.78 is 0. The minimum atomic E-state index is -0.268. The van der Waals surface area contributed by atoms with E-state index in [1.807, 2.05) is 6.07 Å². The zero-order valence-corrected chi connectivity index (χ0v) is 9.77. The maximum absolute atomic E-state index is 11.7. The zero-order chi connectivity index (χ0) is 13.0. The SMILES string of the molecule is N#Cc1ccc(CNC(=O)C2CNC(=O)C2)cc1. The summed E-state index contributed by atoms with van der Waals surface area (Å²) in [5.41, 5.74) is 1.52. The number of rotatable bonds is 3. The Bertz CT molecular complexity index is 502. The van der Waals surface area contributed by atoms with E-state index in [1.54, 1.807) is 24.3 Å². The van der Waals surface area contributed by atoms with Crippen LogP contribution in [0.15, 0.2) is 24.3 Å². The Labute approximate surface area is 105 Å². The molecule has 1 aliphatic heterocycles. The maximum atomic E-state index is 11.7. The summed E-state index contributed by atoms with van der Waals surface area (Å²) in [5, 5.41) is 14.1. The van der Waals surface area contributed by atoms with Crippen molar-refractivity contribution in [1.82, 2.24) is 10.6 Å². The van der Waals surface area contributed by atoms with E-state index in [1.165, 1.54) is 0 Å². The topological polar surface area (TPSA) is 82.0 Å². The molecule has 0 radical (unpaired) electrons. The second-order valence-electron chi connectivity index (χ2n) is 4.23. The van der Waals surface area contributed by atoms with Gasteiger partial charge in [-0.1, -0.05) is 12.1 Å². The molecular weight excluding hydrogens is 230 g/mol. The van der Waals surface area contributed by atoms with Crippen molar-refractivity contribution >= 4 is 11.8 Å². The van der Waals surface area contributed by atoms with Gasteiger partial charge in [-0.2, -0.15) is 5.26 Å². The summed E-state index contributed by atoms with van der Waals surface area (Å²) >= 11 is 0. The molecule has 0 bridgehead atoms. The summed E-state index contributed by atoms with van der Waals surface area (Å²) in [6.45, 7) is 0.827. The van der Waals surface area contributed by atoms with Gasteiger partial charge < -0.3 is 10.6 Å². The Morgan fingerprint density at radius 2 is 2.17 bits per heavy atom. The van der Waals surface area contributed by atoms with Crippen molar-refractivity contribution in [2.75, 3.05) is 6.54 Å². The molecule has 0 aromatic heterocycles. The molecule has 2 amide bonds. The Balaban J connectivity index is 1.85. The first kappa shape index (κ1) is 12.1. The lowest BCUT2D eigenvalue weighted by Gasteiger charge is -2.09. The second kappa shape index (κ2) is 5.32. The van der Waals surface area contributed by atoms with Crippen molar-refractivity contribution in [2.24, 2.45) is 5.92 Å². The van der Waals surface area contributed by atoms with Crippen molar-refractivity contribution in [2.45, 2.75) is 13.0 Å². The molecule has 1 fully saturated rings. The Morgan fingerprint density at radius 1 is 1.44 bits per heavy atom. The number of hydrogen-bond donors (Lipinski definition) is 2. The van der Waals surface area contributed by atoms with Gasteiger partial charge in [-0.25, -0.2) is 0 Å². The first-order chi connectivity index (χ1) is 8.69. The van der Waals surface area contributed by atoms with Crippen LogP contribution < -0.4 is 10.6 Å². The number of hydrogen-bond acceptors (Lipinski definition) is 3. The van der Waals surface area contributed by atoms with Gasteiger partial charge in [0.2, 0.25) is 11.8 Å². The van der Waals surface area contributed by atoms with E-state index >= 15 is 0 Å². The molecule has 0 saturated carbocycles. The number of amides is 2. The molecule has 5 nitrogen and oxygen atoms in total. The Kier molecular flexibility index (Phi) is 3.58. The fourth-order valence-corrected chi connectivity index (χ4v) is 1.82. The highest BCUT2D eigenvalue weighted by molar-refractivity contribution is 5.89. The van der Waals surface area contributed by atoms with Gasteiger partial charge in [0, 0.05) is 19.5 Å². The van der Waals surface area contributed by atoms with Crippen LogP contribution in [0.1, 0.15) is 17.5 Å². The molecule has 0 spiro atoms. The van der Waals surface area contributed by atoms with Crippen molar-refractivity contribution in [3.63, 3.8) is 0 Å². The van der Waals surface area contributed by atoms with Gasteiger partial charge in [0.15, 0.2) is 0 Å². The molecule has 1 heterocycles. The smallest absolute Gasteiger partial charge is 0.225 e. The van der Waals surface area contributed by atoms with E-state index in [4.69, 9.17) is 5.26 Å². The monoisotopic (exact) mass is 243 g/mol. The number of carbonyl (C=O) groups is 2. The van der Waals surface area contributed by atoms with Gasteiger partial charge in [0.25, 0.3) is 0 Å². The molecule has 5 heteroatoms. The summed E-state index contributed by atoms with van der Waals surface area (Å²) in [4.78, 5) is 22.7. The lowest BCUT2D eigenvalue weighted by molar-refractivity contribution is -0.126. The fourth-order valence-electron chi connectivity index (χ4n) is 1.82. The maximum Gasteiger partial charge on any atom is 0.225 e. The lowest BCUT2D eigenvalue weighted by atomic mass is 10.1. The van der Waals surface area contributed by atoms with Crippen LogP contribution in [0.5, 0.6) is 0 Å². The molecule has 18 heavy (non-hydrogen) atoms. The highest BCUT2D eigenvalue weighted by Gasteiger charge is 2.27. The number of carbonyl (C=O) groups excluding carboxylic acids is 2. The van der Waals surface area contributed by atoms with Gasteiger partial charge in [0.1, 0.15) is 0 Å². The van der Waals surface area contributed by atoms with Gasteiger partial charge in [-0.3, -0.25) is 9.59 Å². The molecule has 1 aromatic carbocycles. The van der Waals surface area contributed by atoms with Gasteiger partial charge >= 0.3 is 0 Å². The Hall–Kier alpha value is -2.35. The molecule has 0 aliphatic carbocycles. The van der Waals surface area contributed by atoms with Gasteiger partial charge in [-0.05, 0) is 17.7 Å². The molecule has 1 atom stereocenters. The molecule has 1 aromatic rings. The molecule has 1 unspecified atom stereocenters. The average molecular weight is 243 g/mol. The number of benzene rings is 1. The Morgan fingerprint density at radius 3 is 2.72 bits per heavy atom. The summed E-state index contributed by atoms with van der Waals surface area (Å²) in [7, 11) is 0. The molecule has 1 aliphatic rings. The quantitative estimate of drug-likeness (QED) is 0.801. The van der Waals surface area contributed by atoms with E-state index in [0.29, 0.717) is 18.7 Å². The molecule has 92 valence electrons. The van der Waals surface area contributed by atoms with Crippen LogP contribution in [0, 0.1) is 17.2 Å².